The van der Waals surface area contributed by atoms with Crippen LogP contribution in [0.5, 0.6) is 0 Å². The van der Waals surface area contributed by atoms with Crippen LogP contribution in [-0.2, 0) is 0 Å². The van der Waals surface area contributed by atoms with E-state index in [0.29, 0.717) is 0 Å². The first kappa shape index (κ1) is 10.4. The van der Waals surface area contributed by atoms with Crippen LogP contribution in [0.15, 0.2) is 38.1 Å². The summed E-state index contributed by atoms with van der Waals surface area (Å²) in [5.41, 5.74) is -0.497. The van der Waals surface area contributed by atoms with E-state index in [1.165, 1.54) is 12.3 Å². The number of nitrogens with one attached hydrogen (secondary N) is 1. The predicted octanol–water partition coefficient (Wildman–Crippen LogP) is 0.607. The van der Waals surface area contributed by atoms with Gasteiger partial charge >= 0.3 is 5.97 Å². The smallest absolute Gasteiger partial charge is 0.357 e. The number of H-pyrrole nitrogens is 1. The summed E-state index contributed by atoms with van der Waals surface area (Å²) < 4.78 is 4.88. The van der Waals surface area contributed by atoms with Gasteiger partial charge in [-0.05, 0) is 0 Å². The van der Waals surface area contributed by atoms with E-state index >= 15 is 0 Å². The van der Waals surface area contributed by atoms with Gasteiger partial charge in [-0.25, -0.2) is 9.78 Å². The van der Waals surface area contributed by atoms with E-state index in [1.54, 1.807) is 0 Å². The second kappa shape index (κ2) is 4.19. The fourth-order valence-electron chi connectivity index (χ4n) is 0.889. The lowest BCUT2D eigenvalue weighted by atomic mass is 10.5. The van der Waals surface area contributed by atoms with Gasteiger partial charge in [0, 0.05) is 24.0 Å². The molecule has 2 N–H and O–H groups in total. The van der Waals surface area contributed by atoms with E-state index in [-0.39, 0.29) is 21.6 Å². The van der Waals surface area contributed by atoms with Crippen LogP contribution >= 0.6 is 11.8 Å². The molecule has 0 unspecified atom stereocenters. The van der Waals surface area contributed by atoms with E-state index in [2.05, 4.69) is 15.0 Å². The summed E-state index contributed by atoms with van der Waals surface area (Å²) in [5, 5.41) is 8.99. The molecule has 0 radical (unpaired) electrons. The van der Waals surface area contributed by atoms with Gasteiger partial charge in [0.05, 0.1) is 0 Å². The van der Waals surface area contributed by atoms with Gasteiger partial charge in [-0.3, -0.25) is 4.79 Å². The van der Waals surface area contributed by atoms with Crippen LogP contribution in [0.4, 0.5) is 0 Å². The molecule has 0 saturated heterocycles. The summed E-state index contributed by atoms with van der Waals surface area (Å²) in [6, 6.07) is 1.27. The number of aromatic carboxylic acids is 1. The lowest BCUT2D eigenvalue weighted by Gasteiger charge is -1.93. The Morgan fingerprint density at radius 3 is 3.00 bits per heavy atom. The van der Waals surface area contributed by atoms with E-state index in [9.17, 15) is 9.59 Å². The highest BCUT2D eigenvalue weighted by Crippen LogP contribution is 2.22. The average molecular weight is 239 g/mol. The van der Waals surface area contributed by atoms with Crippen molar-refractivity contribution < 1.29 is 14.3 Å². The molecule has 0 saturated carbocycles. The van der Waals surface area contributed by atoms with Crippen molar-refractivity contribution in [3.8, 4) is 0 Å². The van der Waals surface area contributed by atoms with E-state index in [1.807, 2.05) is 0 Å². The van der Waals surface area contributed by atoms with Gasteiger partial charge in [0.15, 0.2) is 10.9 Å². The topological polar surface area (TPSA) is 109 Å². The zero-order valence-corrected chi connectivity index (χ0v) is 8.52. The van der Waals surface area contributed by atoms with Gasteiger partial charge < -0.3 is 14.5 Å². The quantitative estimate of drug-likeness (QED) is 0.755. The van der Waals surface area contributed by atoms with Gasteiger partial charge in [-0.1, -0.05) is 0 Å². The second-order valence-corrected chi connectivity index (χ2v) is 3.59. The van der Waals surface area contributed by atoms with E-state index in [0.717, 1.165) is 18.0 Å². The Hall–Kier alpha value is -2.09. The van der Waals surface area contributed by atoms with Crippen molar-refractivity contribution in [1.29, 1.82) is 0 Å². The van der Waals surface area contributed by atoms with Crippen molar-refractivity contribution in [2.75, 3.05) is 0 Å². The van der Waals surface area contributed by atoms with E-state index in [4.69, 9.17) is 9.52 Å². The van der Waals surface area contributed by atoms with Crippen molar-refractivity contribution in [3.63, 3.8) is 0 Å². The van der Waals surface area contributed by atoms with Crippen LogP contribution in [0, 0.1) is 0 Å². The summed E-state index contributed by atoms with van der Waals surface area (Å²) >= 11 is 0.932. The molecule has 2 aromatic rings. The fourth-order valence-corrected chi connectivity index (χ4v) is 1.56. The number of carboxylic acids is 1. The van der Waals surface area contributed by atoms with Crippen molar-refractivity contribution >= 4 is 17.7 Å². The summed E-state index contributed by atoms with van der Waals surface area (Å²) in [6.07, 6.45) is 2.36. The number of aromatic amines is 1. The molecule has 0 bridgehead atoms. The van der Waals surface area contributed by atoms with Crippen molar-refractivity contribution in [3.05, 3.63) is 34.6 Å². The molecule has 0 aliphatic heterocycles. The third kappa shape index (κ3) is 2.28. The number of carbonyl (C=O) groups is 1. The molecule has 0 amide bonds. The molecule has 16 heavy (non-hydrogen) atoms. The molecule has 82 valence electrons. The molecule has 2 rings (SSSR count). The third-order valence-corrected chi connectivity index (χ3v) is 2.30. The molecule has 7 nitrogen and oxygen atoms in total. The van der Waals surface area contributed by atoms with E-state index < -0.39 is 5.97 Å². The average Bonchev–Trinajstić information content (AvgIpc) is 2.66. The molecular formula is C8H5N3O4S. The van der Waals surface area contributed by atoms with Crippen molar-refractivity contribution in [1.82, 2.24) is 15.0 Å². The first-order valence-corrected chi connectivity index (χ1v) is 4.89. The lowest BCUT2D eigenvalue weighted by molar-refractivity contribution is 0.0690. The Labute approximate surface area is 92.5 Å². The summed E-state index contributed by atoms with van der Waals surface area (Å²) in [6.45, 7) is 0. The summed E-state index contributed by atoms with van der Waals surface area (Å²) in [5.74, 6) is -1.18. The fraction of sp³-hybridized carbons (Fsp3) is 0. The van der Waals surface area contributed by atoms with Gasteiger partial charge in [0.2, 0.25) is 0 Å². The van der Waals surface area contributed by atoms with Crippen LogP contribution in [0.25, 0.3) is 0 Å². The van der Waals surface area contributed by atoms with Crippen molar-refractivity contribution in [2.24, 2.45) is 0 Å². The van der Waals surface area contributed by atoms with Crippen molar-refractivity contribution in [2.45, 2.75) is 10.4 Å². The van der Waals surface area contributed by atoms with Gasteiger partial charge in [0.25, 0.3) is 10.8 Å². The molecule has 0 spiro atoms. The zero-order chi connectivity index (χ0) is 11.5. The number of carboxylic acid groups (broad SMARTS) is 1. The monoisotopic (exact) mass is 239 g/mol. The number of nitrogens with zero attached hydrogens (tertiary/aromatic N) is 2. The minimum absolute atomic E-state index is 0.103. The number of oxazole rings is 1. The predicted molar refractivity (Wildman–Crippen MR) is 52.4 cm³/mol. The standard InChI is InChI=1S/C8H5N3O4S/c12-5-1-2-9-7(11-5)16-8-10-4(3-15-8)6(13)14/h1-3H,(H,13,14)(H,9,11,12). The molecule has 0 fully saturated rings. The number of rotatable bonds is 3. The Morgan fingerprint density at radius 1 is 1.56 bits per heavy atom. The Morgan fingerprint density at radius 2 is 2.38 bits per heavy atom. The first-order chi connectivity index (χ1) is 7.65. The van der Waals surface area contributed by atoms with Crippen LogP contribution in [0.2, 0.25) is 0 Å². The molecule has 2 aromatic heterocycles. The lowest BCUT2D eigenvalue weighted by Crippen LogP contribution is -2.05. The Bertz CT molecular complexity index is 576. The SMILES string of the molecule is O=C(O)c1coc(Sc2nccc(=O)[nH]2)n1. The minimum atomic E-state index is -1.18. The maximum absolute atomic E-state index is 10.9. The maximum atomic E-state index is 10.9. The number of aromatic nitrogens is 3. The maximum Gasteiger partial charge on any atom is 0.357 e. The van der Waals surface area contributed by atoms with Gasteiger partial charge in [0.1, 0.15) is 6.26 Å². The van der Waals surface area contributed by atoms with Crippen LogP contribution in [0.3, 0.4) is 0 Å². The zero-order valence-electron chi connectivity index (χ0n) is 7.71. The molecule has 2 heterocycles. The normalized spacial score (nSPS) is 10.2. The largest absolute Gasteiger partial charge is 0.476 e. The minimum Gasteiger partial charge on any atom is -0.476 e. The molecular weight excluding hydrogens is 234 g/mol. The summed E-state index contributed by atoms with van der Waals surface area (Å²) in [7, 11) is 0. The van der Waals surface area contributed by atoms with Crippen LogP contribution in [-0.4, -0.2) is 26.0 Å². The highest BCUT2D eigenvalue weighted by atomic mass is 32.2. The molecule has 0 aliphatic carbocycles. The molecule has 8 heteroatoms. The van der Waals surface area contributed by atoms with Crippen LogP contribution < -0.4 is 5.56 Å². The van der Waals surface area contributed by atoms with Gasteiger partial charge in [-0.2, -0.15) is 4.98 Å². The molecule has 0 aliphatic rings. The Kier molecular flexibility index (Phi) is 2.73. The Balaban J connectivity index is 2.20. The summed E-state index contributed by atoms with van der Waals surface area (Å²) in [4.78, 5) is 31.4. The number of hydrogen-bond acceptors (Lipinski definition) is 6. The van der Waals surface area contributed by atoms with Gasteiger partial charge in [-0.15, -0.1) is 0 Å². The highest BCUT2D eigenvalue weighted by molar-refractivity contribution is 7.98. The first-order valence-electron chi connectivity index (χ1n) is 4.07. The number of hydrogen-bond donors (Lipinski definition) is 2. The third-order valence-electron chi connectivity index (χ3n) is 1.53. The highest BCUT2D eigenvalue weighted by Gasteiger charge is 2.12. The molecule has 0 aromatic carbocycles. The van der Waals surface area contributed by atoms with Crippen LogP contribution in [0.1, 0.15) is 10.5 Å². The second-order valence-electron chi connectivity index (χ2n) is 2.65. The molecule has 0 atom stereocenters.